The first kappa shape index (κ1) is 18.6. The zero-order valence-corrected chi connectivity index (χ0v) is 16.7. The number of carbonyl (C=O) groups excluding carboxylic acids is 3. The van der Waals surface area contributed by atoms with E-state index >= 15 is 0 Å². The highest BCUT2D eigenvalue weighted by Gasteiger charge is 2.64. The fraction of sp³-hybridized carbons (Fsp3) is 0.286. The summed E-state index contributed by atoms with van der Waals surface area (Å²) in [5.41, 5.74) is 1.81. The van der Waals surface area contributed by atoms with Crippen molar-refractivity contribution in [1.29, 1.82) is 0 Å². The number of para-hydroxylation sites is 1. The monoisotopic (exact) mass is 396 g/mol. The van der Waals surface area contributed by atoms with Crippen molar-refractivity contribution >= 4 is 40.9 Å². The molecule has 28 heavy (non-hydrogen) atoms. The van der Waals surface area contributed by atoms with E-state index in [1.807, 2.05) is 12.1 Å². The molecular weight excluding hydrogens is 376 g/mol. The zero-order valence-electron chi connectivity index (χ0n) is 15.8. The molecule has 0 saturated carbocycles. The van der Waals surface area contributed by atoms with Crippen molar-refractivity contribution in [3.05, 3.63) is 54.1 Å². The number of methoxy groups -OCH3 is 1. The van der Waals surface area contributed by atoms with Gasteiger partial charge in [0.15, 0.2) is 0 Å². The van der Waals surface area contributed by atoms with Gasteiger partial charge in [0.25, 0.3) is 5.91 Å². The van der Waals surface area contributed by atoms with Crippen LogP contribution < -0.4 is 14.5 Å². The number of nitrogens with zero attached hydrogens (tertiary/aromatic N) is 2. The summed E-state index contributed by atoms with van der Waals surface area (Å²) in [6.07, 6.45) is 0.201. The van der Waals surface area contributed by atoms with Crippen LogP contribution in [-0.2, 0) is 19.3 Å². The first-order chi connectivity index (χ1) is 13.5. The Morgan fingerprint density at radius 1 is 1.14 bits per heavy atom. The molecule has 144 valence electrons. The van der Waals surface area contributed by atoms with Gasteiger partial charge in [-0.2, -0.15) is 0 Å². The number of benzene rings is 2. The molecular formula is C21H20N2O4S. The molecule has 2 aliphatic rings. The molecule has 0 N–H and O–H groups in total. The van der Waals surface area contributed by atoms with Crippen LogP contribution in [0.4, 0.5) is 11.4 Å². The Morgan fingerprint density at radius 2 is 1.82 bits per heavy atom. The molecule has 2 aromatic rings. The van der Waals surface area contributed by atoms with Crippen LogP contribution in [0.25, 0.3) is 0 Å². The van der Waals surface area contributed by atoms with Gasteiger partial charge in [-0.1, -0.05) is 25.1 Å². The van der Waals surface area contributed by atoms with Crippen LogP contribution in [0, 0.1) is 0 Å². The third-order valence-corrected chi connectivity index (χ3v) is 6.59. The van der Waals surface area contributed by atoms with Crippen molar-refractivity contribution in [2.45, 2.75) is 30.4 Å². The smallest absolute Gasteiger partial charge is 0.275 e. The second-order valence-electron chi connectivity index (χ2n) is 6.68. The van der Waals surface area contributed by atoms with Gasteiger partial charge >= 0.3 is 0 Å². The van der Waals surface area contributed by atoms with Gasteiger partial charge in [-0.05, 0) is 37.3 Å². The number of ether oxygens (including phenoxy) is 1. The molecule has 2 unspecified atom stereocenters. The molecule has 1 saturated heterocycles. The van der Waals surface area contributed by atoms with E-state index in [0.717, 1.165) is 0 Å². The number of fused-ring (bicyclic) bond motifs is 2. The Bertz CT molecular complexity index is 975. The minimum Gasteiger partial charge on any atom is -0.497 e. The molecule has 0 aliphatic carbocycles. The molecule has 2 aliphatic heterocycles. The third kappa shape index (κ3) is 2.39. The predicted molar refractivity (Wildman–Crippen MR) is 108 cm³/mol. The molecule has 0 radical (unpaired) electrons. The van der Waals surface area contributed by atoms with Crippen LogP contribution in [0.5, 0.6) is 5.75 Å². The molecule has 0 bridgehead atoms. The molecule has 2 heterocycles. The number of thioether (sulfide) groups is 1. The quantitative estimate of drug-likeness (QED) is 0.796. The summed E-state index contributed by atoms with van der Waals surface area (Å²) in [6.45, 7) is 3.51. The van der Waals surface area contributed by atoms with Crippen LogP contribution >= 0.6 is 11.8 Å². The zero-order chi connectivity index (χ0) is 20.1. The summed E-state index contributed by atoms with van der Waals surface area (Å²) in [4.78, 5) is 40.9. The van der Waals surface area contributed by atoms with E-state index in [9.17, 15) is 14.4 Å². The van der Waals surface area contributed by atoms with Crippen molar-refractivity contribution in [3.8, 4) is 5.75 Å². The second kappa shape index (κ2) is 6.67. The average Bonchev–Trinajstić information content (AvgIpc) is 3.13. The van der Waals surface area contributed by atoms with Gasteiger partial charge in [0.1, 0.15) is 5.75 Å². The van der Waals surface area contributed by atoms with Gasteiger partial charge in [0.05, 0.1) is 18.0 Å². The van der Waals surface area contributed by atoms with Crippen molar-refractivity contribution in [3.63, 3.8) is 0 Å². The number of imide groups is 1. The van der Waals surface area contributed by atoms with Gasteiger partial charge in [-0.3, -0.25) is 19.3 Å². The standard InChI is InChI=1S/C21H20N2O4S/c1-4-18(24)22-17-8-6-5-7-16(17)21(20(22)26)23(19(25)13(2)28-21)14-9-11-15(27-3)12-10-14/h5-13H,4H2,1-3H3. The number of rotatable bonds is 3. The first-order valence-electron chi connectivity index (χ1n) is 9.08. The minimum atomic E-state index is -1.29. The molecule has 0 aromatic heterocycles. The molecule has 2 aromatic carbocycles. The van der Waals surface area contributed by atoms with Crippen molar-refractivity contribution < 1.29 is 19.1 Å². The Kier molecular flexibility index (Phi) is 4.42. The second-order valence-corrected chi connectivity index (χ2v) is 8.21. The maximum absolute atomic E-state index is 13.7. The Balaban J connectivity index is 1.93. The topological polar surface area (TPSA) is 66.9 Å². The Morgan fingerprint density at radius 3 is 2.46 bits per heavy atom. The predicted octanol–water partition coefficient (Wildman–Crippen LogP) is 3.30. The lowest BCUT2D eigenvalue weighted by Gasteiger charge is -2.33. The molecule has 1 fully saturated rings. The SMILES string of the molecule is CCC(=O)N1C(=O)C2(SC(C)C(=O)N2c2ccc(OC)cc2)c2ccccc21. The van der Waals surface area contributed by atoms with Crippen molar-refractivity contribution in [1.82, 2.24) is 0 Å². The maximum Gasteiger partial charge on any atom is 0.275 e. The van der Waals surface area contributed by atoms with E-state index in [4.69, 9.17) is 4.74 Å². The number of anilines is 2. The molecule has 7 heteroatoms. The summed E-state index contributed by atoms with van der Waals surface area (Å²) in [7, 11) is 1.57. The third-order valence-electron chi connectivity index (χ3n) is 5.12. The van der Waals surface area contributed by atoms with E-state index < -0.39 is 10.1 Å². The van der Waals surface area contributed by atoms with E-state index in [1.54, 1.807) is 57.4 Å². The van der Waals surface area contributed by atoms with E-state index in [2.05, 4.69) is 0 Å². The maximum atomic E-state index is 13.7. The molecule has 2 atom stereocenters. The number of hydrogen-bond donors (Lipinski definition) is 0. The first-order valence-corrected chi connectivity index (χ1v) is 9.96. The highest BCUT2D eigenvalue weighted by Crippen LogP contribution is 2.57. The van der Waals surface area contributed by atoms with Crippen LogP contribution in [0.1, 0.15) is 25.8 Å². The highest BCUT2D eigenvalue weighted by atomic mass is 32.2. The van der Waals surface area contributed by atoms with Crippen molar-refractivity contribution in [2.75, 3.05) is 16.9 Å². The minimum absolute atomic E-state index is 0.163. The average molecular weight is 396 g/mol. The number of hydrogen-bond acceptors (Lipinski definition) is 5. The summed E-state index contributed by atoms with van der Waals surface area (Å²) in [6, 6.07) is 14.2. The lowest BCUT2D eigenvalue weighted by molar-refractivity contribution is -0.128. The lowest BCUT2D eigenvalue weighted by Crippen LogP contribution is -2.51. The summed E-state index contributed by atoms with van der Waals surface area (Å²) >= 11 is 1.28. The van der Waals surface area contributed by atoms with Gasteiger partial charge in [0.2, 0.25) is 16.7 Å². The summed E-state index contributed by atoms with van der Waals surface area (Å²) in [5, 5.41) is -0.421. The largest absolute Gasteiger partial charge is 0.497 e. The lowest BCUT2D eigenvalue weighted by atomic mass is 10.0. The van der Waals surface area contributed by atoms with Gasteiger partial charge in [-0.25, -0.2) is 4.90 Å². The molecule has 4 rings (SSSR count). The van der Waals surface area contributed by atoms with Gasteiger partial charge in [-0.15, -0.1) is 11.8 Å². The summed E-state index contributed by atoms with van der Waals surface area (Å²) in [5.74, 6) is -0.175. The van der Waals surface area contributed by atoms with E-state index in [-0.39, 0.29) is 24.1 Å². The highest BCUT2D eigenvalue weighted by molar-refractivity contribution is 8.03. The fourth-order valence-electron chi connectivity index (χ4n) is 3.80. The Labute approximate surface area is 167 Å². The van der Waals surface area contributed by atoms with Gasteiger partial charge in [0, 0.05) is 17.7 Å². The molecule has 6 nitrogen and oxygen atoms in total. The normalized spacial score (nSPS) is 23.5. The number of carbonyl (C=O) groups is 3. The van der Waals surface area contributed by atoms with Crippen LogP contribution in [-0.4, -0.2) is 30.1 Å². The fourth-order valence-corrected chi connectivity index (χ4v) is 5.31. The van der Waals surface area contributed by atoms with Crippen LogP contribution in [0.3, 0.4) is 0 Å². The van der Waals surface area contributed by atoms with Crippen LogP contribution in [0.2, 0.25) is 0 Å². The molecule has 3 amide bonds. The van der Waals surface area contributed by atoms with Crippen LogP contribution in [0.15, 0.2) is 48.5 Å². The Hall–Kier alpha value is -2.80. The van der Waals surface area contributed by atoms with E-state index in [1.165, 1.54) is 21.6 Å². The molecule has 1 spiro atoms. The van der Waals surface area contributed by atoms with Crippen molar-refractivity contribution in [2.24, 2.45) is 0 Å². The summed E-state index contributed by atoms with van der Waals surface area (Å²) < 4.78 is 5.21. The van der Waals surface area contributed by atoms with E-state index in [0.29, 0.717) is 22.7 Å². The van der Waals surface area contributed by atoms with Gasteiger partial charge < -0.3 is 4.74 Å². The number of amides is 3.